The molecule has 0 aliphatic rings. The van der Waals surface area contributed by atoms with E-state index in [4.69, 9.17) is 0 Å². The Morgan fingerprint density at radius 3 is 1.50 bits per heavy atom. The van der Waals surface area contributed by atoms with Gasteiger partial charge < -0.3 is 0 Å². The molecule has 4 rings (SSSR count). The van der Waals surface area contributed by atoms with Crippen molar-refractivity contribution in [2.45, 2.75) is 33.6 Å². The van der Waals surface area contributed by atoms with Crippen molar-refractivity contribution in [1.29, 1.82) is 0 Å². The van der Waals surface area contributed by atoms with E-state index < -0.39 is 0 Å². The molecule has 0 unspecified atom stereocenters. The van der Waals surface area contributed by atoms with E-state index in [0.29, 0.717) is 0 Å². The van der Waals surface area contributed by atoms with E-state index in [-0.39, 0.29) is 64.9 Å². The normalized spacial score (nSPS) is 9.90. The van der Waals surface area contributed by atoms with Crippen LogP contribution in [0.15, 0.2) is 72.8 Å². The summed E-state index contributed by atoms with van der Waals surface area (Å²) in [4.78, 5) is 0. The molecule has 0 saturated heterocycles. The molecule has 0 heterocycles. The minimum absolute atomic E-state index is 0. The second-order valence-corrected chi connectivity index (χ2v) is 7.65. The second-order valence-electron chi connectivity index (χ2n) is 7.65. The molecular weight excluding hydrogens is 467 g/mol. The second kappa shape index (κ2) is 12.0. The molecule has 0 aliphatic heterocycles. The van der Waals surface area contributed by atoms with Gasteiger partial charge in [-0.2, -0.15) is 6.07 Å². The Hall–Kier alpha value is -1.15. The van der Waals surface area contributed by atoms with Crippen molar-refractivity contribution in [2.24, 2.45) is 0 Å². The summed E-state index contributed by atoms with van der Waals surface area (Å²) < 4.78 is 0. The topological polar surface area (TPSA) is 0 Å². The van der Waals surface area contributed by atoms with E-state index in [9.17, 15) is 0 Å². The molecule has 0 nitrogen and oxygen atoms in total. The van der Waals surface area contributed by atoms with Gasteiger partial charge in [0.15, 0.2) is 0 Å². The molecule has 0 bridgehead atoms. The van der Waals surface area contributed by atoms with Crippen LogP contribution in [0.3, 0.4) is 0 Å². The van der Waals surface area contributed by atoms with Crippen molar-refractivity contribution in [3.63, 3.8) is 0 Å². The molecule has 0 aliphatic carbocycles. The van der Waals surface area contributed by atoms with Gasteiger partial charge in [-0.3, -0.25) is 0 Å². The first-order chi connectivity index (χ1) is 12.5. The monoisotopic (exact) mass is 493 g/mol. The van der Waals surface area contributed by atoms with Crippen molar-refractivity contribution in [1.82, 2.24) is 0 Å². The van der Waals surface area contributed by atoms with Gasteiger partial charge in [0.1, 0.15) is 0 Å². The average molecular weight is 495 g/mol. The molecule has 0 fully saturated rings. The molecule has 0 amide bonds. The first-order valence-electron chi connectivity index (χ1n) is 9.32. The summed E-state index contributed by atoms with van der Waals surface area (Å²) in [5.74, 6) is 0.257. The summed E-state index contributed by atoms with van der Waals surface area (Å²) in [6, 6.07) is 27.2. The zero-order valence-electron chi connectivity index (χ0n) is 17.7. The Balaban J connectivity index is 0.00000210. The van der Waals surface area contributed by atoms with Crippen LogP contribution in [-0.2, 0) is 21.7 Å². The van der Waals surface area contributed by atoms with Gasteiger partial charge in [-0.25, -0.2) is 0 Å². The Morgan fingerprint density at radius 1 is 0.600 bits per heavy atom. The standard InChI is InChI=1S/C26H25.3ClH.Ti/c1-17-11-18(2)14-22(13-17)26(23-15-19(3)12-20(4)16-23)25-10-9-21-7-5-6-8-24(21)25;;;;/h5-16,26H,1-4H3;3*1H;/q-1;;;;. The van der Waals surface area contributed by atoms with E-state index in [1.165, 1.54) is 49.7 Å². The van der Waals surface area contributed by atoms with Crippen LogP contribution in [0, 0.1) is 27.7 Å². The zero-order chi connectivity index (χ0) is 18.3. The summed E-state index contributed by atoms with van der Waals surface area (Å²) in [5.41, 5.74) is 9.45. The summed E-state index contributed by atoms with van der Waals surface area (Å²) in [6.45, 7) is 8.77. The Kier molecular flexibility index (Phi) is 11.6. The minimum atomic E-state index is 0. The first kappa shape index (κ1) is 28.9. The maximum absolute atomic E-state index is 2.34. The molecule has 4 heteroatoms. The number of halogens is 3. The van der Waals surface area contributed by atoms with Gasteiger partial charge in [-0.15, -0.1) is 77.8 Å². The number of hydrogen-bond acceptors (Lipinski definition) is 0. The van der Waals surface area contributed by atoms with E-state index >= 15 is 0 Å². The van der Waals surface area contributed by atoms with Crippen LogP contribution in [0.25, 0.3) is 10.8 Å². The van der Waals surface area contributed by atoms with Gasteiger partial charge >= 0.3 is 0 Å². The summed E-state index contributed by atoms with van der Waals surface area (Å²) in [5, 5.41) is 2.68. The molecule has 0 N–H and O–H groups in total. The van der Waals surface area contributed by atoms with Crippen LogP contribution < -0.4 is 0 Å². The molecule has 158 valence electrons. The Labute approximate surface area is 214 Å². The number of benzene rings is 3. The van der Waals surface area contributed by atoms with Crippen LogP contribution in [-0.4, -0.2) is 0 Å². The summed E-state index contributed by atoms with van der Waals surface area (Å²) >= 11 is 0. The maximum Gasteiger partial charge on any atom is 0 e. The van der Waals surface area contributed by atoms with Gasteiger partial charge in [0.2, 0.25) is 0 Å². The molecule has 4 aromatic carbocycles. The first-order valence-corrected chi connectivity index (χ1v) is 9.32. The van der Waals surface area contributed by atoms with Crippen LogP contribution in [0.5, 0.6) is 0 Å². The summed E-state index contributed by atoms with van der Waals surface area (Å²) in [6.07, 6.45) is 0. The van der Waals surface area contributed by atoms with E-state index in [2.05, 4.69) is 100 Å². The predicted octanol–water partition coefficient (Wildman–Crippen LogP) is 8.24. The third-order valence-corrected chi connectivity index (χ3v) is 5.18. The smallest absolute Gasteiger partial charge is 0 e. The number of rotatable bonds is 3. The molecule has 0 saturated carbocycles. The maximum atomic E-state index is 2.34. The molecule has 0 aromatic heterocycles. The fourth-order valence-corrected chi connectivity index (χ4v) is 4.33. The van der Waals surface area contributed by atoms with Crippen molar-refractivity contribution < 1.29 is 21.7 Å². The minimum Gasteiger partial charge on any atom is -0.168 e. The fraction of sp³-hybridized carbons (Fsp3) is 0.192. The fourth-order valence-electron chi connectivity index (χ4n) is 4.33. The van der Waals surface area contributed by atoms with Crippen molar-refractivity contribution in [3.05, 3.63) is 112 Å². The van der Waals surface area contributed by atoms with Gasteiger partial charge in [0.25, 0.3) is 0 Å². The number of fused-ring (bicyclic) bond motifs is 1. The van der Waals surface area contributed by atoms with Gasteiger partial charge in [0, 0.05) is 21.7 Å². The van der Waals surface area contributed by atoms with Crippen molar-refractivity contribution >= 4 is 48.0 Å². The summed E-state index contributed by atoms with van der Waals surface area (Å²) in [7, 11) is 0. The number of aryl methyl sites for hydroxylation is 4. The predicted molar refractivity (Wildman–Crippen MR) is 134 cm³/mol. The molecule has 0 spiro atoms. The van der Waals surface area contributed by atoms with E-state index in [0.717, 1.165) is 0 Å². The molecule has 0 radical (unpaired) electrons. The average Bonchev–Trinajstić information content (AvgIpc) is 2.97. The molecule has 4 aromatic rings. The molecule has 0 atom stereocenters. The van der Waals surface area contributed by atoms with E-state index in [1.54, 1.807) is 0 Å². The van der Waals surface area contributed by atoms with Gasteiger partial charge in [-0.1, -0.05) is 64.7 Å². The van der Waals surface area contributed by atoms with Crippen LogP contribution in [0.4, 0.5) is 0 Å². The zero-order valence-corrected chi connectivity index (χ0v) is 21.7. The Morgan fingerprint density at radius 2 is 1.03 bits per heavy atom. The SMILES string of the molecule is Cc1cc(C)cc(C(c2cc(C)cc(C)c2)[c-]2ccc3ccccc32)c1.Cl.Cl.Cl.[Ti]. The van der Waals surface area contributed by atoms with Crippen molar-refractivity contribution in [3.8, 4) is 0 Å². The van der Waals surface area contributed by atoms with Crippen LogP contribution in [0.2, 0.25) is 0 Å². The third kappa shape index (κ3) is 5.97. The van der Waals surface area contributed by atoms with Crippen LogP contribution >= 0.6 is 37.2 Å². The molecule has 30 heavy (non-hydrogen) atoms. The van der Waals surface area contributed by atoms with E-state index in [1.807, 2.05) is 0 Å². The van der Waals surface area contributed by atoms with Crippen LogP contribution in [0.1, 0.15) is 44.9 Å². The third-order valence-electron chi connectivity index (χ3n) is 5.18. The van der Waals surface area contributed by atoms with Gasteiger partial charge in [0.05, 0.1) is 0 Å². The molecular formula is C26H28Cl3Ti-. The van der Waals surface area contributed by atoms with Crippen molar-refractivity contribution in [2.75, 3.05) is 0 Å². The quantitative estimate of drug-likeness (QED) is 0.199. The number of hydrogen-bond donors (Lipinski definition) is 0. The Bertz CT molecular complexity index is 1010. The largest absolute Gasteiger partial charge is 0.168 e. The van der Waals surface area contributed by atoms with Gasteiger partial charge in [-0.05, 0) is 44.7 Å².